The molecule has 2 aromatic carbocycles. The summed E-state index contributed by atoms with van der Waals surface area (Å²) in [6.45, 7) is 17.1. The van der Waals surface area contributed by atoms with Crippen LogP contribution in [0.3, 0.4) is 0 Å². The zero-order valence-corrected chi connectivity index (χ0v) is 23.6. The molecule has 0 unspecified atom stereocenters. The summed E-state index contributed by atoms with van der Waals surface area (Å²) in [7, 11) is 2.97. The summed E-state index contributed by atoms with van der Waals surface area (Å²) in [5, 5.41) is 2.85. The molecule has 1 aliphatic carbocycles. The van der Waals surface area contributed by atoms with E-state index in [1.807, 2.05) is 26.0 Å². The van der Waals surface area contributed by atoms with Crippen molar-refractivity contribution in [2.45, 2.75) is 73.3 Å². The van der Waals surface area contributed by atoms with E-state index >= 15 is 0 Å². The van der Waals surface area contributed by atoms with Crippen LogP contribution in [0.15, 0.2) is 42.5 Å². The number of allylic oxidation sites excluding steroid dienone is 4. The molecule has 3 rings (SSSR count). The van der Waals surface area contributed by atoms with Crippen molar-refractivity contribution >= 4 is 21.0 Å². The first-order chi connectivity index (χ1) is 12.0. The second kappa shape index (κ2) is 20.3. The van der Waals surface area contributed by atoms with E-state index in [0.29, 0.717) is 11.8 Å². The number of hydrogen-bond donors (Lipinski definition) is 0. The van der Waals surface area contributed by atoms with Gasteiger partial charge in [-0.05, 0) is 11.8 Å². The van der Waals surface area contributed by atoms with Crippen molar-refractivity contribution in [1.29, 1.82) is 0 Å². The Labute approximate surface area is 209 Å². The molecule has 0 N–H and O–H groups in total. The van der Waals surface area contributed by atoms with Crippen molar-refractivity contribution in [2.24, 2.45) is 0 Å². The molecule has 0 heterocycles. The maximum Gasteiger partial charge on any atom is 4.00 e. The fourth-order valence-electron chi connectivity index (χ4n) is 2.67. The number of rotatable bonds is 2. The molecule has 1 aliphatic rings. The summed E-state index contributed by atoms with van der Waals surface area (Å²) in [6, 6.07) is 9.35. The zero-order valence-electron chi connectivity index (χ0n) is 18.7. The average Bonchev–Trinajstić information content (AvgIpc) is 3.29. The van der Waals surface area contributed by atoms with Gasteiger partial charge in [-0.25, -0.2) is 12.2 Å². The fourth-order valence-corrected chi connectivity index (χ4v) is 2.67. The van der Waals surface area contributed by atoms with Gasteiger partial charge in [0, 0.05) is 10.2 Å². The number of halogens is 2. The first kappa shape index (κ1) is 35.4. The van der Waals surface area contributed by atoms with Crippen LogP contribution in [0.1, 0.15) is 76.5 Å². The SMILES string of the molecule is CC.C[Si].Cc1cc2c(C(C)C)cc(C(C)C)cc2[cH-]1.[C-]1=CC=CC1.[Cl-].[Cl-].[Zr+4]. The third-order valence-corrected chi connectivity index (χ3v) is 3.90. The van der Waals surface area contributed by atoms with E-state index in [9.17, 15) is 0 Å². The Morgan fingerprint density at radius 1 is 0.964 bits per heavy atom. The van der Waals surface area contributed by atoms with Crippen LogP contribution in [0.5, 0.6) is 0 Å². The predicted molar refractivity (Wildman–Crippen MR) is 117 cm³/mol. The second-order valence-electron chi connectivity index (χ2n) is 6.46. The molecule has 0 saturated heterocycles. The first-order valence-electron chi connectivity index (χ1n) is 9.41. The minimum Gasteiger partial charge on any atom is -1.00 e. The predicted octanol–water partition coefficient (Wildman–Crippen LogP) is 1.65. The molecule has 0 amide bonds. The molecular weight excluding hydrogens is 478 g/mol. The van der Waals surface area contributed by atoms with E-state index in [4.69, 9.17) is 0 Å². The smallest absolute Gasteiger partial charge is 1.00 e. The summed E-state index contributed by atoms with van der Waals surface area (Å²) in [6.07, 6.45) is 10.0. The van der Waals surface area contributed by atoms with E-state index < -0.39 is 0 Å². The molecule has 0 nitrogen and oxygen atoms in total. The van der Waals surface area contributed by atoms with E-state index in [1.54, 1.807) is 6.55 Å². The Kier molecular flexibility index (Phi) is 25.6. The van der Waals surface area contributed by atoms with Gasteiger partial charge in [-0.15, -0.1) is 34.9 Å². The van der Waals surface area contributed by atoms with E-state index in [-0.39, 0.29) is 51.0 Å². The van der Waals surface area contributed by atoms with Gasteiger partial charge in [0.25, 0.3) is 0 Å². The van der Waals surface area contributed by atoms with E-state index in [2.05, 4.69) is 81.3 Å². The number of benzene rings is 1. The molecule has 0 aromatic heterocycles. The van der Waals surface area contributed by atoms with E-state index in [1.165, 1.54) is 27.5 Å². The van der Waals surface area contributed by atoms with Gasteiger partial charge >= 0.3 is 26.2 Å². The van der Waals surface area contributed by atoms with Crippen LogP contribution in [-0.2, 0) is 26.2 Å². The van der Waals surface area contributed by atoms with Crippen LogP contribution in [0.4, 0.5) is 0 Å². The fraction of sp³-hybridized carbons (Fsp3) is 0.458. The quantitative estimate of drug-likeness (QED) is 0.423. The Morgan fingerprint density at radius 2 is 1.54 bits per heavy atom. The average molecular weight is 514 g/mol. The van der Waals surface area contributed by atoms with Gasteiger partial charge in [-0.2, -0.15) is 12.1 Å². The molecule has 2 aromatic rings. The molecule has 0 spiro atoms. The standard InChI is InChI=1S/C16H21.C5H5.C2H6.CH3Si.2ClH.Zr/c1-10(2)13-8-14-6-12(5)7-16(14)15(9-13)11(3)4;1-2-4-5-3-1;2*1-2;;;/h6-11H,1-5H3;1-3H,4H2;1-2H3;1H3;2*1H;/q2*-1;;;;;+4/p-2. The van der Waals surface area contributed by atoms with Gasteiger partial charge in [0.05, 0.1) is 0 Å². The second-order valence-corrected chi connectivity index (χ2v) is 6.46. The van der Waals surface area contributed by atoms with Gasteiger partial charge in [0.15, 0.2) is 0 Å². The number of hydrogen-bond acceptors (Lipinski definition) is 0. The van der Waals surface area contributed by atoms with Crippen LogP contribution in [0.25, 0.3) is 10.8 Å². The van der Waals surface area contributed by atoms with Gasteiger partial charge in [0.1, 0.15) is 0 Å². The van der Waals surface area contributed by atoms with Crippen molar-refractivity contribution in [2.75, 3.05) is 0 Å². The molecule has 0 fully saturated rings. The minimum atomic E-state index is 0. The van der Waals surface area contributed by atoms with E-state index in [0.717, 1.165) is 6.42 Å². The van der Waals surface area contributed by atoms with Crippen LogP contribution in [0.2, 0.25) is 6.55 Å². The topological polar surface area (TPSA) is 0 Å². The Morgan fingerprint density at radius 3 is 1.89 bits per heavy atom. The van der Waals surface area contributed by atoms with Crippen LogP contribution < -0.4 is 24.8 Å². The third kappa shape index (κ3) is 11.9. The summed E-state index contributed by atoms with van der Waals surface area (Å²) in [5.41, 5.74) is 4.33. The summed E-state index contributed by atoms with van der Waals surface area (Å²) in [5.74, 6) is 1.21. The van der Waals surface area contributed by atoms with Gasteiger partial charge in [-0.3, -0.25) is 6.08 Å². The maximum atomic E-state index is 2.99. The molecule has 0 bridgehead atoms. The maximum absolute atomic E-state index is 2.99. The van der Waals surface area contributed by atoms with Crippen molar-refractivity contribution in [3.8, 4) is 0 Å². The monoisotopic (exact) mass is 511 g/mol. The molecule has 153 valence electrons. The van der Waals surface area contributed by atoms with Gasteiger partial charge < -0.3 is 24.8 Å². The molecule has 0 atom stereocenters. The van der Waals surface area contributed by atoms with Crippen molar-refractivity contribution in [3.05, 3.63) is 65.3 Å². The number of fused-ring (bicyclic) bond motifs is 1. The summed E-state index contributed by atoms with van der Waals surface area (Å²) < 4.78 is 0. The van der Waals surface area contributed by atoms with Crippen molar-refractivity contribution < 1.29 is 51.0 Å². The number of aryl methyl sites for hydroxylation is 1. The van der Waals surface area contributed by atoms with Crippen LogP contribution in [0, 0.1) is 13.0 Å². The molecular formula is C24H35Cl2SiZr. The van der Waals surface area contributed by atoms with Gasteiger partial charge in [-0.1, -0.05) is 72.2 Å². The summed E-state index contributed by atoms with van der Waals surface area (Å²) in [4.78, 5) is 0. The molecule has 0 aliphatic heterocycles. The Bertz CT molecular complexity index is 661. The molecule has 3 radical (unpaired) electrons. The van der Waals surface area contributed by atoms with Crippen molar-refractivity contribution in [1.82, 2.24) is 0 Å². The van der Waals surface area contributed by atoms with Crippen LogP contribution in [-0.4, -0.2) is 10.2 Å². The third-order valence-electron chi connectivity index (χ3n) is 3.90. The zero-order chi connectivity index (χ0) is 19.4. The van der Waals surface area contributed by atoms with Gasteiger partial charge in [0.2, 0.25) is 0 Å². The first-order valence-corrected chi connectivity index (χ1v) is 10.4. The minimum absolute atomic E-state index is 0. The Balaban J connectivity index is -0.000000205. The normalized spacial score (nSPS) is 10.4. The molecule has 0 saturated carbocycles. The largest absolute Gasteiger partial charge is 4.00 e. The summed E-state index contributed by atoms with van der Waals surface area (Å²) >= 11 is 0. The van der Waals surface area contributed by atoms with Crippen LogP contribution >= 0.6 is 0 Å². The molecule has 28 heavy (non-hydrogen) atoms. The Hall–Kier alpha value is -0.01000. The molecule has 4 heteroatoms. The van der Waals surface area contributed by atoms with Crippen molar-refractivity contribution in [3.63, 3.8) is 0 Å².